The van der Waals surface area contributed by atoms with Crippen LogP contribution in [-0.4, -0.2) is 44.0 Å². The number of nitrogens with two attached hydrogens (primary N) is 1. The van der Waals surface area contributed by atoms with E-state index >= 15 is 0 Å². The fraction of sp³-hybridized carbons (Fsp3) is 0.417. The van der Waals surface area contributed by atoms with Crippen LogP contribution in [0.25, 0.3) is 0 Å². The second-order valence-corrected chi connectivity index (χ2v) is 8.27. The average molecular weight is 460 g/mol. The maximum atomic E-state index is 13.3. The number of amides is 2. The highest BCUT2D eigenvalue weighted by atomic mass is 35.5. The van der Waals surface area contributed by atoms with Gasteiger partial charge in [0, 0.05) is 35.3 Å². The highest BCUT2D eigenvalue weighted by Gasteiger charge is 2.25. The SMILES string of the molecule is COc1ccc(C(=O)N(CCCN)Cc2cc(NC(=O)C3CCC3)ccc2Cl)cc1OC. The van der Waals surface area contributed by atoms with Crippen molar-refractivity contribution in [1.82, 2.24) is 4.90 Å². The van der Waals surface area contributed by atoms with E-state index in [0.717, 1.165) is 24.8 Å². The Morgan fingerprint density at radius 3 is 2.50 bits per heavy atom. The molecule has 1 saturated carbocycles. The number of rotatable bonds is 10. The van der Waals surface area contributed by atoms with E-state index in [-0.39, 0.29) is 17.7 Å². The van der Waals surface area contributed by atoms with Gasteiger partial charge in [0.2, 0.25) is 5.91 Å². The van der Waals surface area contributed by atoms with E-state index < -0.39 is 0 Å². The molecule has 1 fully saturated rings. The minimum absolute atomic E-state index is 0.0333. The van der Waals surface area contributed by atoms with Crippen molar-refractivity contribution in [2.75, 3.05) is 32.6 Å². The Morgan fingerprint density at radius 1 is 1.12 bits per heavy atom. The molecule has 7 nitrogen and oxygen atoms in total. The number of hydrogen-bond donors (Lipinski definition) is 2. The van der Waals surface area contributed by atoms with Crippen molar-refractivity contribution in [2.24, 2.45) is 11.7 Å². The zero-order valence-corrected chi connectivity index (χ0v) is 19.3. The van der Waals surface area contributed by atoms with Gasteiger partial charge in [-0.2, -0.15) is 0 Å². The number of benzene rings is 2. The summed E-state index contributed by atoms with van der Waals surface area (Å²) < 4.78 is 10.6. The van der Waals surface area contributed by atoms with E-state index in [1.54, 1.807) is 42.3 Å². The molecule has 0 spiro atoms. The van der Waals surface area contributed by atoms with Crippen LogP contribution in [0.15, 0.2) is 36.4 Å². The molecule has 2 aromatic carbocycles. The molecule has 2 aromatic rings. The largest absolute Gasteiger partial charge is 0.493 e. The van der Waals surface area contributed by atoms with Gasteiger partial charge in [-0.05, 0) is 67.8 Å². The van der Waals surface area contributed by atoms with Crippen LogP contribution in [0.4, 0.5) is 5.69 Å². The molecular formula is C24H30ClN3O4. The molecule has 0 heterocycles. The van der Waals surface area contributed by atoms with Crippen LogP contribution in [0.5, 0.6) is 11.5 Å². The number of carbonyl (C=O) groups is 2. The molecule has 0 aliphatic heterocycles. The monoisotopic (exact) mass is 459 g/mol. The van der Waals surface area contributed by atoms with Crippen LogP contribution >= 0.6 is 11.6 Å². The van der Waals surface area contributed by atoms with Gasteiger partial charge in [0.25, 0.3) is 5.91 Å². The molecule has 0 aromatic heterocycles. The maximum Gasteiger partial charge on any atom is 0.254 e. The van der Waals surface area contributed by atoms with E-state index in [1.165, 1.54) is 7.11 Å². The third kappa shape index (κ3) is 5.72. The summed E-state index contributed by atoms with van der Waals surface area (Å²) in [7, 11) is 3.08. The third-order valence-electron chi connectivity index (χ3n) is 5.70. The Bertz CT molecular complexity index is 962. The molecule has 32 heavy (non-hydrogen) atoms. The molecule has 2 amide bonds. The molecule has 3 rings (SSSR count). The van der Waals surface area contributed by atoms with Gasteiger partial charge in [-0.3, -0.25) is 9.59 Å². The standard InChI is InChI=1S/C24H30ClN3O4/c1-31-21-10-7-17(14-22(21)32-2)24(30)28(12-4-11-26)15-18-13-19(8-9-20(18)25)27-23(29)16-5-3-6-16/h7-10,13-14,16H,3-6,11-12,15,26H2,1-2H3,(H,27,29). The van der Waals surface area contributed by atoms with Gasteiger partial charge in [0.15, 0.2) is 11.5 Å². The summed E-state index contributed by atoms with van der Waals surface area (Å²) in [6, 6.07) is 10.4. The zero-order valence-electron chi connectivity index (χ0n) is 18.5. The van der Waals surface area contributed by atoms with Crippen molar-refractivity contribution in [3.63, 3.8) is 0 Å². The molecule has 0 atom stereocenters. The summed E-state index contributed by atoms with van der Waals surface area (Å²) in [6.07, 6.45) is 3.60. The number of methoxy groups -OCH3 is 2. The lowest BCUT2D eigenvalue weighted by molar-refractivity contribution is -0.122. The molecule has 172 valence electrons. The number of halogens is 1. The Labute approximate surface area is 193 Å². The molecule has 0 bridgehead atoms. The minimum Gasteiger partial charge on any atom is -0.493 e. The fourth-order valence-corrected chi connectivity index (χ4v) is 3.76. The summed E-state index contributed by atoms with van der Waals surface area (Å²) in [5, 5.41) is 3.50. The number of nitrogens with one attached hydrogen (secondary N) is 1. The smallest absolute Gasteiger partial charge is 0.254 e. The molecular weight excluding hydrogens is 430 g/mol. The molecule has 1 aliphatic rings. The normalized spacial score (nSPS) is 13.2. The number of carbonyl (C=O) groups excluding carboxylic acids is 2. The van der Waals surface area contributed by atoms with Gasteiger partial charge in [-0.25, -0.2) is 0 Å². The zero-order chi connectivity index (χ0) is 23.1. The van der Waals surface area contributed by atoms with Gasteiger partial charge in [0.05, 0.1) is 14.2 Å². The van der Waals surface area contributed by atoms with Gasteiger partial charge in [-0.1, -0.05) is 18.0 Å². The summed E-state index contributed by atoms with van der Waals surface area (Å²) in [4.78, 5) is 27.3. The predicted octanol–water partition coefficient (Wildman–Crippen LogP) is 4.09. The molecule has 1 aliphatic carbocycles. The summed E-state index contributed by atoms with van der Waals surface area (Å²) in [5.41, 5.74) is 7.61. The van der Waals surface area contributed by atoms with E-state index in [9.17, 15) is 9.59 Å². The molecule has 0 radical (unpaired) electrons. The van der Waals surface area contributed by atoms with Crippen LogP contribution in [0.3, 0.4) is 0 Å². The molecule has 0 saturated heterocycles. The van der Waals surface area contributed by atoms with E-state index in [0.29, 0.717) is 53.8 Å². The van der Waals surface area contributed by atoms with Crippen molar-refractivity contribution in [3.8, 4) is 11.5 Å². The summed E-state index contributed by atoms with van der Waals surface area (Å²) in [5.74, 6) is 0.985. The Kier molecular flexibility index (Phi) is 8.36. The van der Waals surface area contributed by atoms with Crippen molar-refractivity contribution < 1.29 is 19.1 Å². The van der Waals surface area contributed by atoms with Crippen LogP contribution < -0.4 is 20.5 Å². The predicted molar refractivity (Wildman–Crippen MR) is 125 cm³/mol. The summed E-state index contributed by atoms with van der Waals surface area (Å²) in [6.45, 7) is 1.22. The Hall–Kier alpha value is -2.77. The second-order valence-electron chi connectivity index (χ2n) is 7.86. The van der Waals surface area contributed by atoms with Crippen molar-refractivity contribution in [2.45, 2.75) is 32.2 Å². The number of nitrogens with zero attached hydrogens (tertiary/aromatic N) is 1. The average Bonchev–Trinajstić information content (AvgIpc) is 2.76. The number of anilines is 1. The minimum atomic E-state index is -0.167. The first-order valence-electron chi connectivity index (χ1n) is 10.8. The van der Waals surface area contributed by atoms with Gasteiger partial charge >= 0.3 is 0 Å². The lowest BCUT2D eigenvalue weighted by Crippen LogP contribution is -2.33. The van der Waals surface area contributed by atoms with Gasteiger partial charge in [0.1, 0.15) is 0 Å². The Balaban J connectivity index is 1.81. The Morgan fingerprint density at radius 2 is 1.88 bits per heavy atom. The first-order chi connectivity index (χ1) is 15.5. The number of hydrogen-bond acceptors (Lipinski definition) is 5. The van der Waals surface area contributed by atoms with Crippen LogP contribution in [0, 0.1) is 5.92 Å². The quantitative estimate of drug-likeness (QED) is 0.558. The molecule has 0 unspecified atom stereocenters. The lowest BCUT2D eigenvalue weighted by atomic mass is 9.85. The topological polar surface area (TPSA) is 93.9 Å². The van der Waals surface area contributed by atoms with E-state index in [2.05, 4.69) is 5.32 Å². The first kappa shape index (κ1) is 23.9. The maximum absolute atomic E-state index is 13.3. The van der Waals surface area contributed by atoms with Crippen molar-refractivity contribution in [3.05, 3.63) is 52.5 Å². The van der Waals surface area contributed by atoms with E-state index in [1.807, 2.05) is 6.07 Å². The van der Waals surface area contributed by atoms with Crippen molar-refractivity contribution >= 4 is 29.1 Å². The molecule has 3 N–H and O–H groups in total. The third-order valence-corrected chi connectivity index (χ3v) is 6.07. The van der Waals surface area contributed by atoms with Crippen LogP contribution in [0.2, 0.25) is 5.02 Å². The van der Waals surface area contributed by atoms with Crippen molar-refractivity contribution in [1.29, 1.82) is 0 Å². The lowest BCUT2D eigenvalue weighted by Gasteiger charge is -2.25. The van der Waals surface area contributed by atoms with Crippen LogP contribution in [-0.2, 0) is 11.3 Å². The van der Waals surface area contributed by atoms with E-state index in [4.69, 9.17) is 26.8 Å². The molecule has 8 heteroatoms. The second kappa shape index (κ2) is 11.2. The first-order valence-corrected chi connectivity index (χ1v) is 11.1. The van der Waals surface area contributed by atoms with Gasteiger partial charge < -0.3 is 25.4 Å². The highest BCUT2D eigenvalue weighted by Crippen LogP contribution is 2.30. The fourth-order valence-electron chi connectivity index (χ4n) is 3.58. The van der Waals surface area contributed by atoms with Gasteiger partial charge in [-0.15, -0.1) is 0 Å². The number of ether oxygens (including phenoxy) is 2. The highest BCUT2D eigenvalue weighted by molar-refractivity contribution is 6.31. The summed E-state index contributed by atoms with van der Waals surface area (Å²) >= 11 is 6.44. The van der Waals surface area contributed by atoms with Crippen LogP contribution in [0.1, 0.15) is 41.6 Å².